The smallest absolute Gasteiger partial charge is 0.124 e. The normalized spacial score (nSPS) is 10.7. The minimum Gasteiger partial charge on any atom is -0.489 e. The molecule has 0 saturated heterocycles. The molecule has 2 nitrogen and oxygen atoms in total. The summed E-state index contributed by atoms with van der Waals surface area (Å²) in [5, 5.41) is 4.22. The maximum atomic E-state index is 6.18. The van der Waals surface area contributed by atoms with Crippen LogP contribution in [0.2, 0.25) is 5.02 Å². The quantitative estimate of drug-likeness (QED) is 0.527. The Morgan fingerprint density at radius 1 is 0.885 bits per heavy atom. The highest BCUT2D eigenvalue weighted by molar-refractivity contribution is 6.30. The fraction of sp³-hybridized carbons (Fsp3) is 0.217. The lowest BCUT2D eigenvalue weighted by Gasteiger charge is -2.14. The number of aryl methyl sites for hydroxylation is 1. The van der Waals surface area contributed by atoms with Crippen molar-refractivity contribution >= 4 is 11.6 Å². The molecule has 0 atom stereocenters. The van der Waals surface area contributed by atoms with Gasteiger partial charge in [-0.1, -0.05) is 66.2 Å². The first-order valence-electron chi connectivity index (χ1n) is 8.93. The van der Waals surface area contributed by atoms with Crippen molar-refractivity contribution in [3.8, 4) is 5.75 Å². The van der Waals surface area contributed by atoms with Gasteiger partial charge in [-0.25, -0.2) is 0 Å². The molecule has 0 fully saturated rings. The number of hydrogen-bond donors (Lipinski definition) is 1. The summed E-state index contributed by atoms with van der Waals surface area (Å²) < 4.78 is 6.08. The van der Waals surface area contributed by atoms with E-state index in [-0.39, 0.29) is 0 Å². The second-order valence-electron chi connectivity index (χ2n) is 6.38. The van der Waals surface area contributed by atoms with Crippen molar-refractivity contribution < 1.29 is 4.74 Å². The van der Waals surface area contributed by atoms with E-state index in [1.165, 1.54) is 16.7 Å². The Labute approximate surface area is 160 Å². The molecule has 0 aromatic heterocycles. The van der Waals surface area contributed by atoms with Gasteiger partial charge in [0.25, 0.3) is 0 Å². The molecule has 1 N–H and O–H groups in total. The minimum absolute atomic E-state index is 0.561. The summed E-state index contributed by atoms with van der Waals surface area (Å²) in [6.07, 6.45) is 1.00. The Hall–Kier alpha value is -2.29. The predicted octanol–water partition coefficient (Wildman–Crippen LogP) is 5.56. The lowest BCUT2D eigenvalue weighted by atomic mass is 10.1. The van der Waals surface area contributed by atoms with Crippen LogP contribution in [0, 0.1) is 6.92 Å². The molecule has 0 unspecified atom stereocenters. The lowest BCUT2D eigenvalue weighted by molar-refractivity contribution is 0.301. The summed E-state index contributed by atoms with van der Waals surface area (Å²) in [7, 11) is 0. The van der Waals surface area contributed by atoms with Gasteiger partial charge in [0.05, 0.1) is 0 Å². The fourth-order valence-electron chi connectivity index (χ4n) is 2.85. The van der Waals surface area contributed by atoms with Crippen LogP contribution in [0.1, 0.15) is 22.3 Å². The SMILES string of the molecule is Cc1ccccc1COc1ccc(Cl)cc1CNCCc1ccccc1. The molecule has 0 aliphatic carbocycles. The van der Waals surface area contributed by atoms with Crippen molar-refractivity contribution in [3.05, 3.63) is 100 Å². The van der Waals surface area contributed by atoms with Crippen molar-refractivity contribution in [1.29, 1.82) is 0 Å². The van der Waals surface area contributed by atoms with Gasteiger partial charge in [-0.3, -0.25) is 0 Å². The second-order valence-corrected chi connectivity index (χ2v) is 6.82. The molecule has 26 heavy (non-hydrogen) atoms. The third-order valence-corrected chi connectivity index (χ3v) is 4.65. The number of rotatable bonds is 8. The average molecular weight is 366 g/mol. The van der Waals surface area contributed by atoms with Crippen LogP contribution in [-0.2, 0) is 19.6 Å². The van der Waals surface area contributed by atoms with Gasteiger partial charge in [-0.15, -0.1) is 0 Å². The van der Waals surface area contributed by atoms with Gasteiger partial charge in [-0.2, -0.15) is 0 Å². The van der Waals surface area contributed by atoms with Gasteiger partial charge in [0, 0.05) is 17.1 Å². The Morgan fingerprint density at radius 2 is 1.65 bits per heavy atom. The van der Waals surface area contributed by atoms with Crippen molar-refractivity contribution in [1.82, 2.24) is 5.32 Å². The molecule has 3 rings (SSSR count). The fourth-order valence-corrected chi connectivity index (χ4v) is 3.05. The standard InChI is InChI=1S/C23H24ClNO/c1-18-7-5-6-10-20(18)17-26-23-12-11-22(24)15-21(23)16-25-14-13-19-8-3-2-4-9-19/h2-12,15,25H,13-14,16-17H2,1H3. The van der Waals surface area contributed by atoms with Gasteiger partial charge in [0.15, 0.2) is 0 Å². The summed E-state index contributed by atoms with van der Waals surface area (Å²) in [5.41, 5.74) is 4.86. The molecule has 0 saturated carbocycles. The van der Waals surface area contributed by atoms with Crippen LogP contribution >= 0.6 is 11.6 Å². The summed E-state index contributed by atoms with van der Waals surface area (Å²) in [5.74, 6) is 0.880. The Bertz CT molecular complexity index is 833. The Kier molecular flexibility index (Phi) is 6.70. The van der Waals surface area contributed by atoms with E-state index in [0.717, 1.165) is 35.8 Å². The Morgan fingerprint density at radius 3 is 2.46 bits per heavy atom. The van der Waals surface area contributed by atoms with E-state index in [2.05, 4.69) is 48.6 Å². The molecular weight excluding hydrogens is 342 g/mol. The number of ether oxygens (including phenoxy) is 1. The van der Waals surface area contributed by atoms with Gasteiger partial charge in [0.2, 0.25) is 0 Å². The van der Waals surface area contributed by atoms with E-state index in [1.54, 1.807) is 0 Å². The zero-order valence-electron chi connectivity index (χ0n) is 15.0. The number of hydrogen-bond acceptors (Lipinski definition) is 2. The average Bonchev–Trinajstić information content (AvgIpc) is 2.66. The van der Waals surface area contributed by atoms with Crippen LogP contribution in [0.3, 0.4) is 0 Å². The first kappa shape index (κ1) is 18.5. The van der Waals surface area contributed by atoms with Crippen molar-refractivity contribution in [3.63, 3.8) is 0 Å². The van der Waals surface area contributed by atoms with Crippen LogP contribution in [0.25, 0.3) is 0 Å². The summed E-state index contributed by atoms with van der Waals surface area (Å²) in [4.78, 5) is 0. The van der Waals surface area contributed by atoms with Gasteiger partial charge in [0.1, 0.15) is 12.4 Å². The lowest BCUT2D eigenvalue weighted by Crippen LogP contribution is -2.17. The molecule has 3 heteroatoms. The van der Waals surface area contributed by atoms with Gasteiger partial charge in [-0.05, 0) is 54.8 Å². The molecule has 0 amide bonds. The van der Waals surface area contributed by atoms with E-state index < -0.39 is 0 Å². The molecule has 0 heterocycles. The topological polar surface area (TPSA) is 21.3 Å². The molecule has 0 aliphatic heterocycles. The molecule has 3 aromatic rings. The van der Waals surface area contributed by atoms with Crippen LogP contribution in [-0.4, -0.2) is 6.54 Å². The van der Waals surface area contributed by atoms with Gasteiger partial charge >= 0.3 is 0 Å². The molecule has 134 valence electrons. The minimum atomic E-state index is 0.561. The summed E-state index contributed by atoms with van der Waals surface area (Å²) in [6.45, 7) is 4.31. The first-order valence-corrected chi connectivity index (χ1v) is 9.30. The second kappa shape index (κ2) is 9.42. The van der Waals surface area contributed by atoms with Crippen LogP contribution in [0.4, 0.5) is 0 Å². The van der Waals surface area contributed by atoms with Crippen molar-refractivity contribution in [2.45, 2.75) is 26.5 Å². The van der Waals surface area contributed by atoms with Crippen LogP contribution in [0.5, 0.6) is 5.75 Å². The number of halogens is 1. The highest BCUT2D eigenvalue weighted by atomic mass is 35.5. The van der Waals surface area contributed by atoms with E-state index in [9.17, 15) is 0 Å². The van der Waals surface area contributed by atoms with E-state index in [0.29, 0.717) is 6.61 Å². The Balaban J connectivity index is 1.58. The molecule has 3 aromatic carbocycles. The zero-order chi connectivity index (χ0) is 18.2. The summed E-state index contributed by atoms with van der Waals surface area (Å²) >= 11 is 6.18. The van der Waals surface area contributed by atoms with E-state index >= 15 is 0 Å². The maximum absolute atomic E-state index is 6.18. The molecule has 0 aliphatic rings. The molecule has 0 spiro atoms. The summed E-state index contributed by atoms with van der Waals surface area (Å²) in [6, 6.07) is 24.6. The first-order chi connectivity index (χ1) is 12.7. The molecule has 0 bridgehead atoms. The monoisotopic (exact) mass is 365 g/mol. The third kappa shape index (κ3) is 5.35. The molecule has 0 radical (unpaired) electrons. The van der Waals surface area contributed by atoms with Crippen LogP contribution < -0.4 is 10.1 Å². The van der Waals surface area contributed by atoms with E-state index in [1.807, 2.05) is 36.4 Å². The van der Waals surface area contributed by atoms with Crippen molar-refractivity contribution in [2.24, 2.45) is 0 Å². The third-order valence-electron chi connectivity index (χ3n) is 4.42. The highest BCUT2D eigenvalue weighted by Crippen LogP contribution is 2.24. The van der Waals surface area contributed by atoms with Crippen molar-refractivity contribution in [2.75, 3.05) is 6.54 Å². The zero-order valence-corrected chi connectivity index (χ0v) is 15.8. The predicted molar refractivity (Wildman–Crippen MR) is 109 cm³/mol. The highest BCUT2D eigenvalue weighted by Gasteiger charge is 2.06. The molecular formula is C23H24ClNO. The van der Waals surface area contributed by atoms with Gasteiger partial charge < -0.3 is 10.1 Å². The van der Waals surface area contributed by atoms with Crippen LogP contribution in [0.15, 0.2) is 72.8 Å². The maximum Gasteiger partial charge on any atom is 0.124 e. The van der Waals surface area contributed by atoms with E-state index in [4.69, 9.17) is 16.3 Å². The number of nitrogens with one attached hydrogen (secondary N) is 1. The number of benzene rings is 3. The largest absolute Gasteiger partial charge is 0.489 e.